The summed E-state index contributed by atoms with van der Waals surface area (Å²) in [6.45, 7) is 3.45. The standard InChI is InChI=1S/C16H20N2O2S/c1-16(20-2)8-5-9-18(10-16)15(19)14-13(17)11-6-3-4-7-12(11)21-14/h3-4,6-7H,5,8-10,17H2,1-2H3. The molecule has 1 aromatic heterocycles. The maximum atomic E-state index is 12.8. The van der Waals surface area contributed by atoms with Crippen molar-refractivity contribution in [3.8, 4) is 0 Å². The molecule has 0 radical (unpaired) electrons. The van der Waals surface area contributed by atoms with Gasteiger partial charge in [0, 0.05) is 30.3 Å². The quantitative estimate of drug-likeness (QED) is 0.927. The number of hydrogen-bond acceptors (Lipinski definition) is 4. The Morgan fingerprint density at radius 2 is 2.19 bits per heavy atom. The van der Waals surface area contributed by atoms with Crippen molar-refractivity contribution in [1.82, 2.24) is 4.90 Å². The fourth-order valence-electron chi connectivity index (χ4n) is 2.91. The second-order valence-electron chi connectivity index (χ2n) is 5.83. The van der Waals surface area contributed by atoms with Crippen LogP contribution in [0.4, 0.5) is 5.69 Å². The molecule has 0 spiro atoms. The van der Waals surface area contributed by atoms with Crippen LogP contribution in [0.3, 0.4) is 0 Å². The number of methoxy groups -OCH3 is 1. The average molecular weight is 304 g/mol. The number of rotatable bonds is 2. The number of carbonyl (C=O) groups excluding carboxylic acids is 1. The number of nitrogens with two attached hydrogens (primary N) is 1. The summed E-state index contributed by atoms with van der Waals surface area (Å²) in [5, 5.41) is 0.970. The molecule has 1 amide bonds. The molecule has 1 aliphatic rings. The number of hydrogen-bond donors (Lipinski definition) is 1. The average Bonchev–Trinajstić information content (AvgIpc) is 2.84. The van der Waals surface area contributed by atoms with Gasteiger partial charge in [-0.15, -0.1) is 11.3 Å². The highest BCUT2D eigenvalue weighted by Crippen LogP contribution is 2.35. The predicted octanol–water partition coefficient (Wildman–Crippen LogP) is 3.12. The zero-order chi connectivity index (χ0) is 15.0. The van der Waals surface area contributed by atoms with Crippen LogP contribution in [0.2, 0.25) is 0 Å². The lowest BCUT2D eigenvalue weighted by molar-refractivity contribution is -0.0438. The van der Waals surface area contributed by atoms with Gasteiger partial charge in [-0.25, -0.2) is 0 Å². The number of anilines is 1. The van der Waals surface area contributed by atoms with Crippen molar-refractivity contribution in [2.75, 3.05) is 25.9 Å². The van der Waals surface area contributed by atoms with Crippen molar-refractivity contribution in [2.24, 2.45) is 0 Å². The number of ether oxygens (including phenoxy) is 1. The molecule has 21 heavy (non-hydrogen) atoms. The Morgan fingerprint density at radius 3 is 2.90 bits per heavy atom. The van der Waals surface area contributed by atoms with Crippen LogP contribution in [0, 0.1) is 0 Å². The number of nitrogen functional groups attached to an aromatic ring is 1. The SMILES string of the molecule is COC1(C)CCCN(C(=O)c2sc3ccccc3c2N)C1. The highest BCUT2D eigenvalue weighted by molar-refractivity contribution is 7.21. The van der Waals surface area contributed by atoms with Crippen LogP contribution in [0.15, 0.2) is 24.3 Å². The lowest BCUT2D eigenvalue weighted by Gasteiger charge is -2.39. The van der Waals surface area contributed by atoms with E-state index in [1.165, 1.54) is 11.3 Å². The lowest BCUT2D eigenvalue weighted by atomic mass is 9.94. The van der Waals surface area contributed by atoms with Crippen LogP contribution in [-0.4, -0.2) is 36.6 Å². The summed E-state index contributed by atoms with van der Waals surface area (Å²) in [6, 6.07) is 7.88. The van der Waals surface area contributed by atoms with Gasteiger partial charge < -0.3 is 15.4 Å². The summed E-state index contributed by atoms with van der Waals surface area (Å²) in [4.78, 5) is 15.3. The summed E-state index contributed by atoms with van der Waals surface area (Å²) < 4.78 is 6.62. The van der Waals surface area contributed by atoms with Crippen LogP contribution >= 0.6 is 11.3 Å². The summed E-state index contributed by atoms with van der Waals surface area (Å²) in [7, 11) is 1.71. The second kappa shape index (κ2) is 5.31. The lowest BCUT2D eigenvalue weighted by Crippen LogP contribution is -2.49. The molecule has 1 saturated heterocycles. The molecule has 2 aromatic rings. The Hall–Kier alpha value is -1.59. The topological polar surface area (TPSA) is 55.6 Å². The van der Waals surface area contributed by atoms with Gasteiger partial charge in [0.2, 0.25) is 0 Å². The van der Waals surface area contributed by atoms with Crippen LogP contribution in [0.5, 0.6) is 0 Å². The molecule has 1 aliphatic heterocycles. The van der Waals surface area contributed by atoms with E-state index in [4.69, 9.17) is 10.5 Å². The molecular formula is C16H20N2O2S. The highest BCUT2D eigenvalue weighted by Gasteiger charge is 2.34. The van der Waals surface area contributed by atoms with Gasteiger partial charge in [0.1, 0.15) is 4.88 Å². The summed E-state index contributed by atoms with van der Waals surface area (Å²) in [6.07, 6.45) is 1.94. The fraction of sp³-hybridized carbons (Fsp3) is 0.438. The van der Waals surface area contributed by atoms with Crippen molar-refractivity contribution < 1.29 is 9.53 Å². The summed E-state index contributed by atoms with van der Waals surface area (Å²) in [5.41, 5.74) is 6.53. The molecule has 2 N–H and O–H groups in total. The van der Waals surface area contributed by atoms with Gasteiger partial charge in [-0.1, -0.05) is 18.2 Å². The largest absolute Gasteiger partial charge is 0.397 e. The minimum absolute atomic E-state index is 0.0247. The van der Waals surface area contributed by atoms with Crippen LogP contribution in [-0.2, 0) is 4.74 Å². The Labute approximate surface area is 128 Å². The second-order valence-corrected chi connectivity index (χ2v) is 6.88. The van der Waals surface area contributed by atoms with Gasteiger partial charge in [-0.3, -0.25) is 4.79 Å². The Bertz CT molecular complexity index is 682. The first-order chi connectivity index (χ1) is 10.0. The van der Waals surface area contributed by atoms with E-state index in [1.807, 2.05) is 29.2 Å². The maximum absolute atomic E-state index is 12.8. The number of benzene rings is 1. The van der Waals surface area contributed by atoms with E-state index in [2.05, 4.69) is 6.92 Å². The number of nitrogens with zero attached hydrogens (tertiary/aromatic N) is 1. The summed E-state index contributed by atoms with van der Waals surface area (Å²) in [5.74, 6) is 0.0247. The van der Waals surface area contributed by atoms with Crippen LogP contribution in [0.25, 0.3) is 10.1 Å². The van der Waals surface area contributed by atoms with Crippen molar-refractivity contribution in [1.29, 1.82) is 0 Å². The molecule has 0 saturated carbocycles. The molecule has 2 heterocycles. The third-order valence-electron chi connectivity index (χ3n) is 4.27. The van der Waals surface area contributed by atoms with Gasteiger partial charge >= 0.3 is 0 Å². The smallest absolute Gasteiger partial charge is 0.266 e. The first-order valence-corrected chi connectivity index (χ1v) is 7.97. The molecule has 1 unspecified atom stereocenters. The molecule has 3 rings (SSSR count). The zero-order valence-electron chi connectivity index (χ0n) is 12.4. The molecular weight excluding hydrogens is 284 g/mol. The molecule has 1 fully saturated rings. The van der Waals surface area contributed by atoms with Crippen molar-refractivity contribution in [3.05, 3.63) is 29.1 Å². The summed E-state index contributed by atoms with van der Waals surface area (Å²) >= 11 is 1.48. The minimum atomic E-state index is -0.251. The minimum Gasteiger partial charge on any atom is -0.397 e. The fourth-order valence-corrected chi connectivity index (χ4v) is 4.00. The van der Waals surface area contributed by atoms with E-state index >= 15 is 0 Å². The van der Waals surface area contributed by atoms with E-state index in [9.17, 15) is 4.79 Å². The monoisotopic (exact) mass is 304 g/mol. The van der Waals surface area contributed by atoms with E-state index in [0.717, 1.165) is 29.5 Å². The van der Waals surface area contributed by atoms with Gasteiger partial charge in [0.25, 0.3) is 5.91 Å². The maximum Gasteiger partial charge on any atom is 0.266 e. The van der Waals surface area contributed by atoms with Gasteiger partial charge in [-0.05, 0) is 25.8 Å². The highest BCUT2D eigenvalue weighted by atomic mass is 32.1. The number of likely N-dealkylation sites (tertiary alicyclic amines) is 1. The number of carbonyl (C=O) groups is 1. The Morgan fingerprint density at radius 1 is 1.43 bits per heavy atom. The molecule has 0 aliphatic carbocycles. The Kier molecular flexibility index (Phi) is 3.63. The number of thiophene rings is 1. The number of piperidine rings is 1. The van der Waals surface area contributed by atoms with Crippen LogP contribution in [0.1, 0.15) is 29.4 Å². The zero-order valence-corrected chi connectivity index (χ0v) is 13.2. The molecule has 112 valence electrons. The predicted molar refractivity (Wildman–Crippen MR) is 86.8 cm³/mol. The van der Waals surface area contributed by atoms with Crippen molar-refractivity contribution in [3.63, 3.8) is 0 Å². The van der Waals surface area contributed by atoms with Gasteiger partial charge in [0.15, 0.2) is 0 Å². The van der Waals surface area contributed by atoms with Gasteiger partial charge in [-0.2, -0.15) is 0 Å². The first kappa shape index (κ1) is 14.4. The normalized spacial score (nSPS) is 22.7. The van der Waals surface area contributed by atoms with Crippen molar-refractivity contribution >= 4 is 33.0 Å². The number of fused-ring (bicyclic) bond motifs is 1. The van der Waals surface area contributed by atoms with Crippen LogP contribution < -0.4 is 5.73 Å². The molecule has 1 aromatic carbocycles. The molecule has 4 nitrogen and oxygen atoms in total. The van der Waals surface area contributed by atoms with E-state index < -0.39 is 0 Å². The third kappa shape index (κ3) is 2.51. The van der Waals surface area contributed by atoms with E-state index in [1.54, 1.807) is 7.11 Å². The van der Waals surface area contributed by atoms with E-state index in [-0.39, 0.29) is 11.5 Å². The van der Waals surface area contributed by atoms with Crippen molar-refractivity contribution in [2.45, 2.75) is 25.4 Å². The van der Waals surface area contributed by atoms with E-state index in [0.29, 0.717) is 17.1 Å². The molecule has 5 heteroatoms. The third-order valence-corrected chi connectivity index (χ3v) is 5.44. The Balaban J connectivity index is 1.92. The van der Waals surface area contributed by atoms with Gasteiger partial charge in [0.05, 0.1) is 11.3 Å². The molecule has 1 atom stereocenters. The molecule has 0 bridgehead atoms. The first-order valence-electron chi connectivity index (χ1n) is 7.15. The number of amides is 1.